The van der Waals surface area contributed by atoms with E-state index in [1.807, 2.05) is 36.6 Å². The van der Waals surface area contributed by atoms with Gasteiger partial charge < -0.3 is 0 Å². The molecule has 1 rings (SSSR count). The Morgan fingerprint density at radius 1 is 1.30 bits per heavy atom. The number of benzene rings is 1. The average molecular weight is 359 g/mol. The summed E-state index contributed by atoms with van der Waals surface area (Å²) >= 11 is 1.37. The van der Waals surface area contributed by atoms with Gasteiger partial charge in [0.25, 0.3) is 0 Å². The number of rotatable bonds is 9. The fourth-order valence-electron chi connectivity index (χ4n) is 1.54. The predicted molar refractivity (Wildman–Crippen MR) is 84.6 cm³/mol. The molecule has 0 fully saturated rings. The standard InChI is InChI=1S/C14H20N2O2SSe/c1-11(17)20-16-13(8-9-19-2)14(18)15-10-12-6-4-3-5-7-12/h3-7,13,16H,8-10H2,1-2H3,(H,15,18). The van der Waals surface area contributed by atoms with Crippen LogP contribution in [0.2, 0.25) is 0 Å². The van der Waals surface area contributed by atoms with E-state index in [2.05, 4.69) is 9.65 Å². The van der Waals surface area contributed by atoms with Gasteiger partial charge in [-0.25, -0.2) is 0 Å². The van der Waals surface area contributed by atoms with Crippen molar-refractivity contribution in [1.29, 1.82) is 0 Å². The van der Waals surface area contributed by atoms with E-state index in [0.29, 0.717) is 6.54 Å². The third-order valence-electron chi connectivity index (χ3n) is 2.58. The van der Waals surface area contributed by atoms with Crippen LogP contribution in [0.1, 0.15) is 18.9 Å². The zero-order valence-corrected chi connectivity index (χ0v) is 14.2. The number of amides is 1. The van der Waals surface area contributed by atoms with Crippen molar-refractivity contribution in [3.05, 3.63) is 35.9 Å². The van der Waals surface area contributed by atoms with Gasteiger partial charge in [0.15, 0.2) is 0 Å². The molecule has 0 spiro atoms. The van der Waals surface area contributed by atoms with Gasteiger partial charge in [0.2, 0.25) is 0 Å². The third kappa shape index (κ3) is 7.10. The van der Waals surface area contributed by atoms with Gasteiger partial charge in [-0.3, -0.25) is 0 Å². The van der Waals surface area contributed by atoms with Crippen LogP contribution in [0.4, 0.5) is 0 Å². The second-order valence-electron chi connectivity index (χ2n) is 4.25. The Bertz CT molecular complexity index is 428. The molecule has 1 atom stereocenters. The number of hydrogen-bond acceptors (Lipinski definition) is 4. The summed E-state index contributed by atoms with van der Waals surface area (Å²) in [5, 5.41) is 2.92. The summed E-state index contributed by atoms with van der Waals surface area (Å²) in [6, 6.07) is 9.51. The number of carbonyl (C=O) groups excluding carboxylic acids is 2. The zero-order valence-electron chi connectivity index (χ0n) is 11.7. The van der Waals surface area contributed by atoms with Gasteiger partial charge in [-0.2, -0.15) is 0 Å². The third-order valence-corrected chi connectivity index (χ3v) is 4.67. The second kappa shape index (κ2) is 9.99. The van der Waals surface area contributed by atoms with Gasteiger partial charge in [0, 0.05) is 0 Å². The minimum absolute atomic E-state index is 0.0361. The van der Waals surface area contributed by atoms with Crippen LogP contribution in [0.3, 0.4) is 0 Å². The van der Waals surface area contributed by atoms with E-state index >= 15 is 0 Å². The summed E-state index contributed by atoms with van der Waals surface area (Å²) < 4.78 is 3.18. The first kappa shape index (κ1) is 17.2. The van der Waals surface area contributed by atoms with E-state index < -0.39 is 0 Å². The summed E-state index contributed by atoms with van der Waals surface area (Å²) in [6.45, 7) is 2.06. The van der Waals surface area contributed by atoms with E-state index in [0.717, 1.165) is 17.7 Å². The first-order valence-corrected chi connectivity index (χ1v) is 9.47. The van der Waals surface area contributed by atoms with Crippen LogP contribution in [-0.2, 0) is 16.1 Å². The van der Waals surface area contributed by atoms with Gasteiger partial charge in [0.1, 0.15) is 0 Å². The van der Waals surface area contributed by atoms with Crippen molar-refractivity contribution in [2.75, 3.05) is 12.0 Å². The Balaban J connectivity index is 2.46. The molecule has 1 aromatic carbocycles. The average Bonchev–Trinajstić information content (AvgIpc) is 2.45. The first-order valence-electron chi connectivity index (χ1n) is 6.37. The normalized spacial score (nSPS) is 11.9. The molecule has 4 nitrogen and oxygen atoms in total. The molecule has 0 bridgehead atoms. The number of hydrogen-bond donors (Lipinski definition) is 2. The quantitative estimate of drug-likeness (QED) is 0.650. The first-order chi connectivity index (χ1) is 9.63. The number of carbonyl (C=O) groups is 2. The van der Waals surface area contributed by atoms with E-state index in [1.165, 1.54) is 0 Å². The molecule has 0 aromatic heterocycles. The van der Waals surface area contributed by atoms with Crippen LogP contribution in [0, 0.1) is 0 Å². The van der Waals surface area contributed by atoms with Crippen molar-refractivity contribution in [2.45, 2.75) is 25.9 Å². The molecule has 0 aliphatic carbocycles. The fraction of sp³-hybridized carbons (Fsp3) is 0.429. The van der Waals surface area contributed by atoms with Crippen molar-refractivity contribution in [3.63, 3.8) is 0 Å². The molecular weight excluding hydrogens is 339 g/mol. The summed E-state index contributed by atoms with van der Waals surface area (Å²) in [7, 11) is 0. The van der Waals surface area contributed by atoms with E-state index in [-0.39, 0.29) is 31.8 Å². The molecule has 0 radical (unpaired) electrons. The van der Waals surface area contributed by atoms with Gasteiger partial charge >= 0.3 is 131 Å². The van der Waals surface area contributed by atoms with Crippen LogP contribution in [0.15, 0.2) is 30.3 Å². The van der Waals surface area contributed by atoms with Crippen LogP contribution in [-0.4, -0.2) is 43.8 Å². The SMILES string of the molecule is CSCCC(N[Se]C(C)=O)C(=O)NCc1ccccc1. The summed E-state index contributed by atoms with van der Waals surface area (Å²) in [5.74, 6) is 0.857. The Morgan fingerprint density at radius 2 is 2.00 bits per heavy atom. The Kier molecular flexibility index (Phi) is 8.62. The molecule has 6 heteroatoms. The topological polar surface area (TPSA) is 58.2 Å². The van der Waals surface area contributed by atoms with Gasteiger partial charge in [0.05, 0.1) is 0 Å². The van der Waals surface area contributed by atoms with Gasteiger partial charge in [-0.05, 0) is 0 Å². The molecule has 20 heavy (non-hydrogen) atoms. The van der Waals surface area contributed by atoms with Crippen molar-refractivity contribution in [2.24, 2.45) is 0 Å². The van der Waals surface area contributed by atoms with Crippen molar-refractivity contribution in [1.82, 2.24) is 9.65 Å². The molecule has 1 aromatic rings. The molecule has 1 unspecified atom stereocenters. The molecule has 2 N–H and O–H groups in total. The number of nitrogens with one attached hydrogen (secondary N) is 2. The van der Waals surface area contributed by atoms with Crippen molar-refractivity contribution in [3.8, 4) is 0 Å². The molecule has 0 aliphatic rings. The molecule has 0 aliphatic heterocycles. The summed E-state index contributed by atoms with van der Waals surface area (Å²) in [4.78, 5) is 23.2. The fourth-order valence-corrected chi connectivity index (χ4v) is 3.13. The Hall–Kier alpha value is -0.811. The summed E-state index contributed by atoms with van der Waals surface area (Å²) in [6.07, 6.45) is 2.74. The molecular formula is C14H20N2O2SSe. The predicted octanol–water partition coefficient (Wildman–Crippen LogP) is 1.18. The Labute approximate surface area is 130 Å². The number of thioether (sulfide) groups is 1. The minimum atomic E-state index is -0.326. The Morgan fingerprint density at radius 3 is 2.60 bits per heavy atom. The monoisotopic (exact) mass is 360 g/mol. The molecule has 1 amide bonds. The van der Waals surface area contributed by atoms with Gasteiger partial charge in [-0.1, -0.05) is 0 Å². The second-order valence-corrected chi connectivity index (χ2v) is 7.36. The van der Waals surface area contributed by atoms with E-state index in [9.17, 15) is 9.59 Å². The van der Waals surface area contributed by atoms with Crippen molar-refractivity contribution < 1.29 is 9.59 Å². The van der Waals surface area contributed by atoms with E-state index in [1.54, 1.807) is 18.7 Å². The zero-order chi connectivity index (χ0) is 14.8. The van der Waals surface area contributed by atoms with Gasteiger partial charge in [-0.15, -0.1) is 0 Å². The maximum atomic E-state index is 12.2. The van der Waals surface area contributed by atoms with Crippen LogP contribution < -0.4 is 9.65 Å². The maximum absolute atomic E-state index is 12.2. The van der Waals surface area contributed by atoms with Crippen LogP contribution in [0.5, 0.6) is 0 Å². The molecule has 110 valence electrons. The van der Waals surface area contributed by atoms with Crippen LogP contribution in [0.25, 0.3) is 0 Å². The van der Waals surface area contributed by atoms with Crippen molar-refractivity contribution >= 4 is 37.5 Å². The molecule has 0 heterocycles. The van der Waals surface area contributed by atoms with Crippen LogP contribution >= 0.6 is 11.8 Å². The summed E-state index contributed by atoms with van der Waals surface area (Å²) in [5.41, 5.74) is 1.07. The van der Waals surface area contributed by atoms with E-state index in [4.69, 9.17) is 0 Å². The molecule has 0 saturated heterocycles. The molecule has 0 saturated carbocycles.